The number of sulfonamides is 1. The minimum atomic E-state index is -3.51. The van der Waals surface area contributed by atoms with E-state index in [9.17, 15) is 13.2 Å². The Balaban J connectivity index is 1.87. The summed E-state index contributed by atoms with van der Waals surface area (Å²) in [5.74, 6) is -0.0443. The van der Waals surface area contributed by atoms with Crippen molar-refractivity contribution in [3.8, 4) is 0 Å². The highest BCUT2D eigenvalue weighted by Gasteiger charge is 2.32. The molecule has 0 aliphatic carbocycles. The number of hydrogen-bond donors (Lipinski definition) is 2. The van der Waals surface area contributed by atoms with Gasteiger partial charge in [0.2, 0.25) is 5.91 Å². The smallest absolute Gasteiger partial charge is 0.259 e. The molecule has 118 valence electrons. The normalized spacial score (nSPS) is 17.8. The highest BCUT2D eigenvalue weighted by Crippen LogP contribution is 2.22. The monoisotopic (exact) mass is 314 g/mol. The lowest BCUT2D eigenvalue weighted by Crippen LogP contribution is -2.43. The molecule has 1 saturated heterocycles. The maximum absolute atomic E-state index is 12.3. The SMILES string of the molecule is CCCCNC(=O)C1CCN(S(=O)(=O)c2ccn[nH]2)CC1. The van der Waals surface area contributed by atoms with E-state index in [0.29, 0.717) is 32.5 Å². The van der Waals surface area contributed by atoms with Crippen molar-refractivity contribution in [1.29, 1.82) is 0 Å². The van der Waals surface area contributed by atoms with Crippen molar-refractivity contribution in [2.45, 2.75) is 37.6 Å². The van der Waals surface area contributed by atoms with Crippen LogP contribution in [0.4, 0.5) is 0 Å². The van der Waals surface area contributed by atoms with Gasteiger partial charge in [0.15, 0.2) is 5.03 Å². The first-order valence-electron chi connectivity index (χ1n) is 7.33. The van der Waals surface area contributed by atoms with Crippen molar-refractivity contribution in [2.24, 2.45) is 5.92 Å². The van der Waals surface area contributed by atoms with Gasteiger partial charge in [-0.1, -0.05) is 13.3 Å². The predicted octanol–water partition coefficient (Wildman–Crippen LogP) is 0.727. The molecule has 1 aromatic rings. The second-order valence-corrected chi connectivity index (χ2v) is 7.15. The van der Waals surface area contributed by atoms with E-state index in [0.717, 1.165) is 12.8 Å². The van der Waals surface area contributed by atoms with Crippen LogP contribution in [0.5, 0.6) is 0 Å². The molecule has 0 aromatic carbocycles. The summed E-state index contributed by atoms with van der Waals surface area (Å²) in [4.78, 5) is 12.0. The van der Waals surface area contributed by atoms with Crippen LogP contribution in [-0.2, 0) is 14.8 Å². The molecule has 0 unspecified atom stereocenters. The van der Waals surface area contributed by atoms with E-state index >= 15 is 0 Å². The molecule has 1 aliphatic rings. The summed E-state index contributed by atoms with van der Waals surface area (Å²) >= 11 is 0. The van der Waals surface area contributed by atoms with Crippen LogP contribution < -0.4 is 5.32 Å². The molecular formula is C13H22N4O3S. The number of amides is 1. The first kappa shape index (κ1) is 16.0. The number of piperidine rings is 1. The van der Waals surface area contributed by atoms with Gasteiger partial charge in [-0.25, -0.2) is 8.42 Å². The maximum atomic E-state index is 12.3. The number of H-pyrrole nitrogens is 1. The van der Waals surface area contributed by atoms with Crippen LogP contribution >= 0.6 is 0 Å². The Morgan fingerprint density at radius 3 is 2.76 bits per heavy atom. The molecule has 0 bridgehead atoms. The summed E-state index contributed by atoms with van der Waals surface area (Å²) < 4.78 is 26.0. The molecule has 2 rings (SSSR count). The van der Waals surface area contributed by atoms with Crippen molar-refractivity contribution >= 4 is 15.9 Å². The molecule has 0 saturated carbocycles. The van der Waals surface area contributed by atoms with Crippen molar-refractivity contribution in [3.05, 3.63) is 12.3 Å². The van der Waals surface area contributed by atoms with Gasteiger partial charge in [0, 0.05) is 25.6 Å². The molecule has 1 fully saturated rings. The highest BCUT2D eigenvalue weighted by molar-refractivity contribution is 7.89. The molecule has 2 N–H and O–H groups in total. The molecule has 8 heteroatoms. The zero-order chi connectivity index (χ0) is 15.3. The van der Waals surface area contributed by atoms with E-state index in [2.05, 4.69) is 22.4 Å². The van der Waals surface area contributed by atoms with Crippen molar-refractivity contribution in [1.82, 2.24) is 19.8 Å². The van der Waals surface area contributed by atoms with Crippen LogP contribution in [0.2, 0.25) is 0 Å². The van der Waals surface area contributed by atoms with Gasteiger partial charge in [0.25, 0.3) is 10.0 Å². The van der Waals surface area contributed by atoms with Gasteiger partial charge in [-0.2, -0.15) is 9.40 Å². The lowest BCUT2D eigenvalue weighted by Gasteiger charge is -2.30. The number of carbonyl (C=O) groups is 1. The van der Waals surface area contributed by atoms with Crippen molar-refractivity contribution in [3.63, 3.8) is 0 Å². The zero-order valence-electron chi connectivity index (χ0n) is 12.2. The van der Waals surface area contributed by atoms with Crippen LogP contribution in [0.25, 0.3) is 0 Å². The number of carbonyl (C=O) groups excluding carboxylic acids is 1. The largest absolute Gasteiger partial charge is 0.356 e. The van der Waals surface area contributed by atoms with Crippen LogP contribution in [0.3, 0.4) is 0 Å². The lowest BCUT2D eigenvalue weighted by molar-refractivity contribution is -0.126. The number of aromatic amines is 1. The molecule has 1 aromatic heterocycles. The van der Waals surface area contributed by atoms with Gasteiger partial charge >= 0.3 is 0 Å². The van der Waals surface area contributed by atoms with Crippen molar-refractivity contribution < 1.29 is 13.2 Å². The second kappa shape index (κ2) is 7.04. The third-order valence-electron chi connectivity index (χ3n) is 3.75. The van der Waals surface area contributed by atoms with Crippen LogP contribution in [-0.4, -0.2) is 48.5 Å². The van der Waals surface area contributed by atoms with Crippen LogP contribution in [0.15, 0.2) is 17.3 Å². The Morgan fingerprint density at radius 1 is 1.48 bits per heavy atom. The molecule has 21 heavy (non-hydrogen) atoms. The third kappa shape index (κ3) is 3.82. The fraction of sp³-hybridized carbons (Fsp3) is 0.692. The average Bonchev–Trinajstić information content (AvgIpc) is 3.02. The Hall–Kier alpha value is -1.41. The van der Waals surface area contributed by atoms with E-state index in [-0.39, 0.29) is 16.9 Å². The molecular weight excluding hydrogens is 292 g/mol. The molecule has 0 radical (unpaired) electrons. The minimum absolute atomic E-state index is 0.0436. The lowest BCUT2D eigenvalue weighted by atomic mass is 9.97. The first-order chi connectivity index (χ1) is 10.1. The number of nitrogens with one attached hydrogen (secondary N) is 2. The molecule has 1 amide bonds. The van der Waals surface area contributed by atoms with Gasteiger partial charge in [0.1, 0.15) is 0 Å². The number of rotatable bonds is 6. The van der Waals surface area contributed by atoms with E-state index in [1.807, 2.05) is 0 Å². The number of unbranched alkanes of at least 4 members (excludes halogenated alkanes) is 1. The van der Waals surface area contributed by atoms with E-state index in [1.165, 1.54) is 16.6 Å². The molecule has 0 spiro atoms. The van der Waals surface area contributed by atoms with E-state index in [1.54, 1.807) is 0 Å². The second-order valence-electron chi connectivity index (χ2n) is 5.24. The van der Waals surface area contributed by atoms with Gasteiger partial charge in [-0.15, -0.1) is 0 Å². The number of aromatic nitrogens is 2. The quantitative estimate of drug-likeness (QED) is 0.757. The maximum Gasteiger partial charge on any atom is 0.259 e. The summed E-state index contributed by atoms with van der Waals surface area (Å²) in [5.41, 5.74) is 0. The van der Waals surface area contributed by atoms with Gasteiger partial charge in [-0.3, -0.25) is 9.89 Å². The van der Waals surface area contributed by atoms with Gasteiger partial charge < -0.3 is 5.32 Å². The zero-order valence-corrected chi connectivity index (χ0v) is 13.0. The molecule has 2 heterocycles. The molecule has 1 aliphatic heterocycles. The predicted molar refractivity (Wildman–Crippen MR) is 78.0 cm³/mol. The highest BCUT2D eigenvalue weighted by atomic mass is 32.2. The van der Waals surface area contributed by atoms with E-state index < -0.39 is 10.0 Å². The van der Waals surface area contributed by atoms with Gasteiger partial charge in [0.05, 0.1) is 6.20 Å². The third-order valence-corrected chi connectivity index (χ3v) is 5.58. The Kier molecular flexibility index (Phi) is 5.35. The standard InChI is InChI=1S/C13H22N4O3S/c1-2-3-7-14-13(18)11-5-9-17(10-6-11)21(19,20)12-4-8-15-16-12/h4,8,11H,2-3,5-7,9-10H2,1H3,(H,14,18)(H,15,16). The topological polar surface area (TPSA) is 95.2 Å². The number of nitrogens with zero attached hydrogens (tertiary/aromatic N) is 2. The van der Waals surface area contributed by atoms with Crippen LogP contribution in [0, 0.1) is 5.92 Å². The Bertz CT molecular complexity index is 548. The minimum Gasteiger partial charge on any atom is -0.356 e. The number of hydrogen-bond acceptors (Lipinski definition) is 4. The van der Waals surface area contributed by atoms with Gasteiger partial charge in [-0.05, 0) is 25.3 Å². The summed E-state index contributed by atoms with van der Waals surface area (Å²) in [6.45, 7) is 3.51. The summed E-state index contributed by atoms with van der Waals surface area (Å²) in [6, 6.07) is 1.44. The Morgan fingerprint density at radius 2 is 2.19 bits per heavy atom. The molecule has 7 nitrogen and oxygen atoms in total. The van der Waals surface area contributed by atoms with E-state index in [4.69, 9.17) is 0 Å². The summed E-state index contributed by atoms with van der Waals surface area (Å²) in [5, 5.41) is 9.17. The molecule has 0 atom stereocenters. The average molecular weight is 314 g/mol. The fourth-order valence-corrected chi connectivity index (χ4v) is 3.79. The summed E-state index contributed by atoms with van der Waals surface area (Å²) in [7, 11) is -3.51. The first-order valence-corrected chi connectivity index (χ1v) is 8.77. The summed E-state index contributed by atoms with van der Waals surface area (Å²) in [6.07, 6.45) is 4.55. The van der Waals surface area contributed by atoms with Crippen molar-refractivity contribution in [2.75, 3.05) is 19.6 Å². The fourth-order valence-electron chi connectivity index (χ4n) is 2.42. The van der Waals surface area contributed by atoms with Crippen LogP contribution in [0.1, 0.15) is 32.6 Å². The Labute approximate surface area is 125 Å².